The third-order valence-corrected chi connectivity index (χ3v) is 9.14. The normalized spacial score (nSPS) is 28.6. The zero-order valence-electron chi connectivity index (χ0n) is 9.29. The third kappa shape index (κ3) is 2.60. The van der Waals surface area contributed by atoms with Crippen molar-refractivity contribution in [2.24, 2.45) is 0 Å². The fourth-order valence-corrected chi connectivity index (χ4v) is 11.1. The molecule has 0 amide bonds. The topological polar surface area (TPSA) is 0 Å². The Balaban J connectivity index is 3.43. The van der Waals surface area contributed by atoms with Crippen LogP contribution in [0.25, 0.3) is 0 Å². The maximum atomic E-state index is 6.28. The fourth-order valence-electron chi connectivity index (χ4n) is 1.77. The van der Waals surface area contributed by atoms with E-state index in [2.05, 4.69) is 26.1 Å². The second-order valence-corrected chi connectivity index (χ2v) is 29.5. The number of rotatable bonds is 1. The van der Waals surface area contributed by atoms with Crippen molar-refractivity contribution in [3.8, 4) is 0 Å². The Hall–Kier alpha value is 1.06. The number of allylic oxidation sites excluding steroid dienone is 4. The van der Waals surface area contributed by atoms with E-state index in [0.717, 1.165) is 0 Å². The summed E-state index contributed by atoms with van der Waals surface area (Å²) >= 11 is 15.4. The van der Waals surface area contributed by atoms with Crippen molar-refractivity contribution in [3.63, 3.8) is 0 Å². The summed E-state index contributed by atoms with van der Waals surface area (Å²) in [6, 6.07) is 0. The van der Waals surface area contributed by atoms with Crippen LogP contribution in [0.15, 0.2) is 20.0 Å². The van der Waals surface area contributed by atoms with E-state index in [1.807, 2.05) is 6.08 Å². The Morgan fingerprint density at radius 1 is 1.07 bits per heavy atom. The van der Waals surface area contributed by atoms with Gasteiger partial charge in [-0.3, -0.25) is 0 Å². The van der Waals surface area contributed by atoms with Crippen LogP contribution in [0.3, 0.4) is 0 Å². The number of hydrogen-bond acceptors (Lipinski definition) is 0. The minimum atomic E-state index is -3.15. The van der Waals surface area contributed by atoms with Crippen LogP contribution in [0.1, 0.15) is 0 Å². The minimum absolute atomic E-state index is 0.130. The van der Waals surface area contributed by atoms with Crippen molar-refractivity contribution in [3.05, 3.63) is 20.0 Å². The van der Waals surface area contributed by atoms with Gasteiger partial charge in [0.2, 0.25) is 0 Å². The summed E-state index contributed by atoms with van der Waals surface area (Å²) in [6.45, 7) is 0. The molecule has 0 nitrogen and oxygen atoms in total. The number of hydrogen-bond donors (Lipinski definition) is 0. The van der Waals surface area contributed by atoms with Gasteiger partial charge in [0.15, 0.2) is 0 Å². The second-order valence-electron chi connectivity index (χ2n) is 7.89. The molecule has 1 rings (SSSR count). The van der Waals surface area contributed by atoms with Gasteiger partial charge in [0, 0.05) is 0 Å². The summed E-state index contributed by atoms with van der Waals surface area (Å²) in [6.07, 6.45) is 1.83. The molecule has 0 saturated heterocycles. The molecule has 82 valence electrons. The Labute approximate surface area is 99.7 Å². The van der Waals surface area contributed by atoms with Gasteiger partial charge in [-0.1, -0.05) is 0 Å². The van der Waals surface area contributed by atoms with Crippen LogP contribution in [0.5, 0.6) is 0 Å². The predicted molar refractivity (Wildman–Crippen MR) is 65.8 cm³/mol. The first-order valence-corrected chi connectivity index (χ1v) is 14.5. The average Bonchev–Trinajstić information content (AvgIpc) is 2.01. The third-order valence-electron chi connectivity index (χ3n) is 2.36. The summed E-state index contributed by atoms with van der Waals surface area (Å²) < 4.78 is 1.17. The molecule has 1 aliphatic carbocycles. The van der Waals surface area contributed by atoms with E-state index in [-0.39, 0.29) is 5.38 Å². The Bertz CT molecular complexity index is 342. The van der Waals surface area contributed by atoms with Gasteiger partial charge in [0.25, 0.3) is 0 Å². The molecular weight excluding hydrogens is 274 g/mol. The molecule has 1 atom stereocenters. The zero-order valence-corrected chi connectivity index (χ0v) is 13.1. The van der Waals surface area contributed by atoms with Crippen molar-refractivity contribution in [1.29, 1.82) is 0 Å². The molecule has 0 aromatic heterocycles. The monoisotopic (exact) mass is 290 g/mol. The molecule has 0 fully saturated rings. The van der Waals surface area contributed by atoms with Gasteiger partial charge in [-0.2, -0.15) is 0 Å². The molecular formula is C10H17Cl3Ti. The molecule has 0 heterocycles. The van der Waals surface area contributed by atoms with Crippen molar-refractivity contribution in [1.82, 2.24) is 0 Å². The molecule has 0 saturated carbocycles. The molecule has 1 aliphatic rings. The van der Waals surface area contributed by atoms with Crippen molar-refractivity contribution in [2.45, 2.75) is 31.5 Å². The average molecular weight is 291 g/mol. The number of halogens is 3. The summed E-state index contributed by atoms with van der Waals surface area (Å²) in [7, 11) is 0. The molecule has 1 unspecified atom stereocenters. The van der Waals surface area contributed by atoms with Crippen LogP contribution >= 0.6 is 34.8 Å². The quantitative estimate of drug-likeness (QED) is 0.433. The van der Waals surface area contributed by atoms with Crippen molar-refractivity contribution < 1.29 is 14.0 Å². The van der Waals surface area contributed by atoms with Gasteiger partial charge in [0.1, 0.15) is 0 Å². The van der Waals surface area contributed by atoms with Gasteiger partial charge < -0.3 is 0 Å². The van der Waals surface area contributed by atoms with Gasteiger partial charge in [-0.25, -0.2) is 0 Å². The van der Waals surface area contributed by atoms with Gasteiger partial charge >= 0.3 is 100 Å². The van der Waals surface area contributed by atoms with Crippen LogP contribution in [-0.4, -0.2) is 5.38 Å². The Kier molecular flexibility index (Phi) is 2.67. The predicted octanol–water partition coefficient (Wildman–Crippen LogP) is 5.65. The van der Waals surface area contributed by atoms with E-state index in [9.17, 15) is 0 Å². The summed E-state index contributed by atoms with van der Waals surface area (Å²) in [4.78, 5) is 0. The van der Waals surface area contributed by atoms with E-state index in [4.69, 9.17) is 34.8 Å². The number of alkyl halides is 1. The molecule has 0 bridgehead atoms. The maximum absolute atomic E-state index is 6.28. The molecule has 14 heavy (non-hydrogen) atoms. The summed E-state index contributed by atoms with van der Waals surface area (Å²) in [5.41, 5.74) is 0. The molecule has 0 radical (unpaired) electrons. The van der Waals surface area contributed by atoms with E-state index in [0.29, 0.717) is 10.1 Å². The first kappa shape index (κ1) is 13.1. The van der Waals surface area contributed by atoms with Gasteiger partial charge in [-0.05, 0) is 0 Å². The summed E-state index contributed by atoms with van der Waals surface area (Å²) in [5.74, 6) is 0. The van der Waals surface area contributed by atoms with Crippen LogP contribution in [0.2, 0.25) is 26.1 Å². The van der Waals surface area contributed by atoms with Crippen molar-refractivity contribution in [2.75, 3.05) is 0 Å². The first-order chi connectivity index (χ1) is 5.83. The van der Waals surface area contributed by atoms with Gasteiger partial charge in [-0.15, -0.1) is 0 Å². The van der Waals surface area contributed by atoms with E-state index >= 15 is 0 Å². The molecule has 0 aromatic carbocycles. The summed E-state index contributed by atoms with van der Waals surface area (Å²) in [5, 5.41) is 12.7. The van der Waals surface area contributed by atoms with Crippen molar-refractivity contribution >= 4 is 34.8 Å². The van der Waals surface area contributed by atoms with Crippen LogP contribution in [0, 0.1) is 0 Å². The molecule has 0 N–H and O–H groups in total. The Morgan fingerprint density at radius 3 is 1.64 bits per heavy atom. The zero-order chi connectivity index (χ0) is 11.4. The molecule has 0 aromatic rings. The van der Waals surface area contributed by atoms with Gasteiger partial charge in [0.05, 0.1) is 0 Å². The second kappa shape index (κ2) is 2.84. The van der Waals surface area contributed by atoms with E-state index in [1.165, 1.54) is 3.88 Å². The molecule has 0 aliphatic heterocycles. The standard InChI is InChI=1S/C5H2Cl3.5CH3.Ti/c6-3-1-4(7)5(8)2-3;;;;;;/h1,3H;5*1H3;. The van der Waals surface area contributed by atoms with E-state index < -0.39 is 14.0 Å². The van der Waals surface area contributed by atoms with Crippen LogP contribution in [0.4, 0.5) is 0 Å². The van der Waals surface area contributed by atoms with Crippen LogP contribution < -0.4 is 0 Å². The Morgan fingerprint density at radius 2 is 1.50 bits per heavy atom. The van der Waals surface area contributed by atoms with E-state index in [1.54, 1.807) is 0 Å². The van der Waals surface area contributed by atoms with Crippen LogP contribution in [-0.2, 0) is 14.0 Å². The molecule has 0 spiro atoms. The first-order valence-electron chi connectivity index (χ1n) is 4.76. The fraction of sp³-hybridized carbons (Fsp3) is 0.600. The SMILES string of the molecule is [CH3][Ti]([CH3])([CH3])([CH3])([CH3])[C]1=C(Cl)C(Cl)=CC1Cl. The molecule has 4 heteroatoms.